The first-order valence-electron chi connectivity index (χ1n) is 6.96. The van der Waals surface area contributed by atoms with Crippen molar-refractivity contribution in [3.63, 3.8) is 0 Å². The first kappa shape index (κ1) is 16.5. The molecule has 0 aliphatic heterocycles. The van der Waals surface area contributed by atoms with Crippen molar-refractivity contribution in [2.24, 2.45) is 5.41 Å². The van der Waals surface area contributed by atoms with Gasteiger partial charge < -0.3 is 10.1 Å². The van der Waals surface area contributed by atoms with Crippen LogP contribution in [0.2, 0.25) is 0 Å². The first-order chi connectivity index (χ1) is 8.85. The Labute approximate surface area is 126 Å². The van der Waals surface area contributed by atoms with Crippen LogP contribution in [-0.2, 0) is 0 Å². The topological polar surface area (TPSA) is 21.3 Å². The van der Waals surface area contributed by atoms with E-state index in [1.54, 1.807) is 0 Å². The molecule has 1 aromatic carbocycles. The van der Waals surface area contributed by atoms with Gasteiger partial charge in [-0.25, -0.2) is 0 Å². The number of nitrogens with one attached hydrogen (secondary N) is 1. The number of rotatable bonds is 7. The Morgan fingerprint density at radius 3 is 2.32 bits per heavy atom. The minimum absolute atomic E-state index is 0.143. The predicted octanol–water partition coefficient (Wildman–Crippen LogP) is 4.47. The van der Waals surface area contributed by atoms with Gasteiger partial charge in [-0.15, -0.1) is 0 Å². The lowest BCUT2D eigenvalue weighted by Gasteiger charge is -2.25. The third-order valence-corrected chi connectivity index (χ3v) is 4.32. The maximum atomic E-state index is 5.96. The monoisotopic (exact) mass is 327 g/mol. The van der Waals surface area contributed by atoms with Crippen LogP contribution in [0, 0.1) is 19.3 Å². The number of halogens is 1. The number of benzene rings is 1. The van der Waals surface area contributed by atoms with E-state index in [1.165, 1.54) is 22.0 Å². The third kappa shape index (κ3) is 5.53. The Bertz CT molecular complexity index is 392. The second kappa shape index (κ2) is 7.30. The standard InChI is InChI=1S/C16H26BrNO/c1-6-7-18-10-16(4,5)11-19-14-8-12(2)15(17)13(3)9-14/h8-9,18H,6-7,10-11H2,1-5H3. The lowest BCUT2D eigenvalue weighted by molar-refractivity contribution is 0.176. The summed E-state index contributed by atoms with van der Waals surface area (Å²) >= 11 is 3.58. The second-order valence-corrected chi connectivity index (χ2v) is 6.79. The van der Waals surface area contributed by atoms with Gasteiger partial charge in [-0.05, 0) is 50.1 Å². The minimum atomic E-state index is 0.143. The highest BCUT2D eigenvalue weighted by Gasteiger charge is 2.18. The molecule has 1 N–H and O–H groups in total. The molecule has 0 bridgehead atoms. The molecule has 3 heteroatoms. The van der Waals surface area contributed by atoms with Crippen LogP contribution in [0.1, 0.15) is 38.3 Å². The van der Waals surface area contributed by atoms with Gasteiger partial charge in [-0.3, -0.25) is 0 Å². The number of ether oxygens (including phenoxy) is 1. The molecule has 0 spiro atoms. The van der Waals surface area contributed by atoms with Crippen molar-refractivity contribution >= 4 is 15.9 Å². The molecule has 1 aromatic rings. The summed E-state index contributed by atoms with van der Waals surface area (Å²) in [5.74, 6) is 0.960. The second-order valence-electron chi connectivity index (χ2n) is 6.00. The summed E-state index contributed by atoms with van der Waals surface area (Å²) in [5, 5.41) is 3.46. The maximum absolute atomic E-state index is 5.96. The highest BCUT2D eigenvalue weighted by molar-refractivity contribution is 9.10. The van der Waals surface area contributed by atoms with Crippen LogP contribution in [0.4, 0.5) is 0 Å². The zero-order valence-corrected chi connectivity index (χ0v) is 14.4. The summed E-state index contributed by atoms with van der Waals surface area (Å²) in [5.41, 5.74) is 2.58. The Balaban J connectivity index is 2.56. The summed E-state index contributed by atoms with van der Waals surface area (Å²) < 4.78 is 7.13. The lowest BCUT2D eigenvalue weighted by atomic mass is 9.95. The van der Waals surface area contributed by atoms with Gasteiger partial charge in [-0.2, -0.15) is 0 Å². The first-order valence-corrected chi connectivity index (χ1v) is 7.75. The molecule has 0 amide bonds. The van der Waals surface area contributed by atoms with E-state index >= 15 is 0 Å². The van der Waals surface area contributed by atoms with Gasteiger partial charge >= 0.3 is 0 Å². The SMILES string of the molecule is CCCNCC(C)(C)COc1cc(C)c(Br)c(C)c1. The summed E-state index contributed by atoms with van der Waals surface area (Å²) in [7, 11) is 0. The predicted molar refractivity (Wildman–Crippen MR) is 86.1 cm³/mol. The molecule has 0 aliphatic carbocycles. The van der Waals surface area contributed by atoms with E-state index in [0.29, 0.717) is 0 Å². The van der Waals surface area contributed by atoms with Crippen molar-refractivity contribution in [1.82, 2.24) is 5.32 Å². The zero-order chi connectivity index (χ0) is 14.5. The fraction of sp³-hybridized carbons (Fsp3) is 0.625. The van der Waals surface area contributed by atoms with Crippen LogP contribution >= 0.6 is 15.9 Å². The van der Waals surface area contributed by atoms with E-state index < -0.39 is 0 Å². The van der Waals surface area contributed by atoms with Crippen LogP contribution in [-0.4, -0.2) is 19.7 Å². The Kier molecular flexibility index (Phi) is 6.34. The zero-order valence-electron chi connectivity index (χ0n) is 12.8. The number of hydrogen-bond acceptors (Lipinski definition) is 2. The van der Waals surface area contributed by atoms with Gasteiger partial charge in [0, 0.05) is 16.4 Å². The Morgan fingerprint density at radius 2 is 1.79 bits per heavy atom. The average Bonchev–Trinajstić information content (AvgIpc) is 2.33. The summed E-state index contributed by atoms with van der Waals surface area (Å²) in [6.45, 7) is 13.6. The molecule has 0 aromatic heterocycles. The molecular weight excluding hydrogens is 302 g/mol. The van der Waals surface area contributed by atoms with E-state index in [2.05, 4.69) is 68.0 Å². The van der Waals surface area contributed by atoms with E-state index in [0.717, 1.165) is 25.4 Å². The molecule has 0 atom stereocenters. The molecule has 1 rings (SSSR count). The highest BCUT2D eigenvalue weighted by Crippen LogP contribution is 2.27. The van der Waals surface area contributed by atoms with Crippen molar-refractivity contribution in [3.05, 3.63) is 27.7 Å². The molecule has 0 heterocycles. The lowest BCUT2D eigenvalue weighted by Crippen LogP contribution is -2.34. The molecule has 2 nitrogen and oxygen atoms in total. The summed E-state index contributed by atoms with van der Waals surface area (Å²) in [4.78, 5) is 0. The van der Waals surface area contributed by atoms with E-state index in [9.17, 15) is 0 Å². The van der Waals surface area contributed by atoms with Gasteiger partial charge in [0.15, 0.2) is 0 Å². The molecule has 19 heavy (non-hydrogen) atoms. The van der Waals surface area contributed by atoms with Crippen molar-refractivity contribution in [2.45, 2.75) is 41.0 Å². The molecule has 108 valence electrons. The van der Waals surface area contributed by atoms with Crippen molar-refractivity contribution in [1.29, 1.82) is 0 Å². The van der Waals surface area contributed by atoms with Gasteiger partial charge in [-0.1, -0.05) is 36.7 Å². The van der Waals surface area contributed by atoms with E-state index in [4.69, 9.17) is 4.74 Å². The van der Waals surface area contributed by atoms with Crippen LogP contribution in [0.15, 0.2) is 16.6 Å². The van der Waals surface area contributed by atoms with E-state index in [1.807, 2.05) is 0 Å². The van der Waals surface area contributed by atoms with Crippen molar-refractivity contribution < 1.29 is 4.74 Å². The molecule has 0 saturated carbocycles. The highest BCUT2D eigenvalue weighted by atomic mass is 79.9. The molecule has 0 aliphatic rings. The normalized spacial score (nSPS) is 11.7. The minimum Gasteiger partial charge on any atom is -0.493 e. The van der Waals surface area contributed by atoms with Crippen LogP contribution in [0.3, 0.4) is 0 Å². The van der Waals surface area contributed by atoms with Gasteiger partial charge in [0.1, 0.15) is 5.75 Å². The third-order valence-electron chi connectivity index (χ3n) is 3.07. The quantitative estimate of drug-likeness (QED) is 0.746. The molecular formula is C16H26BrNO. The fourth-order valence-corrected chi connectivity index (χ4v) is 2.15. The molecule has 0 unspecified atom stereocenters. The average molecular weight is 328 g/mol. The Hall–Kier alpha value is -0.540. The summed E-state index contributed by atoms with van der Waals surface area (Å²) in [6.07, 6.45) is 1.17. The van der Waals surface area contributed by atoms with Crippen molar-refractivity contribution in [2.75, 3.05) is 19.7 Å². The van der Waals surface area contributed by atoms with Gasteiger partial charge in [0.2, 0.25) is 0 Å². The van der Waals surface area contributed by atoms with E-state index in [-0.39, 0.29) is 5.41 Å². The smallest absolute Gasteiger partial charge is 0.119 e. The molecule has 0 radical (unpaired) electrons. The maximum Gasteiger partial charge on any atom is 0.119 e. The Morgan fingerprint density at radius 1 is 1.21 bits per heavy atom. The summed E-state index contributed by atoms with van der Waals surface area (Å²) in [6, 6.07) is 4.18. The number of hydrogen-bond donors (Lipinski definition) is 1. The van der Waals surface area contributed by atoms with Crippen LogP contribution < -0.4 is 10.1 Å². The number of aryl methyl sites for hydroxylation is 2. The largest absolute Gasteiger partial charge is 0.493 e. The fourth-order valence-electron chi connectivity index (χ4n) is 1.92. The van der Waals surface area contributed by atoms with Crippen molar-refractivity contribution in [3.8, 4) is 5.75 Å². The van der Waals surface area contributed by atoms with Crippen LogP contribution in [0.25, 0.3) is 0 Å². The van der Waals surface area contributed by atoms with Gasteiger partial charge in [0.25, 0.3) is 0 Å². The van der Waals surface area contributed by atoms with Gasteiger partial charge in [0.05, 0.1) is 6.61 Å². The molecule has 0 fully saturated rings. The molecule has 0 saturated heterocycles. The van der Waals surface area contributed by atoms with Crippen LogP contribution in [0.5, 0.6) is 5.75 Å².